The van der Waals surface area contributed by atoms with Gasteiger partial charge >= 0.3 is 0 Å². The van der Waals surface area contributed by atoms with Crippen molar-refractivity contribution in [2.75, 3.05) is 28.2 Å². The highest BCUT2D eigenvalue weighted by Crippen LogP contribution is 2.22. The van der Waals surface area contributed by atoms with Gasteiger partial charge in [-0.15, -0.1) is 10.2 Å². The SMILES string of the molecule is CN(C)[PH2+]On1nnc2ccccc21.CN(C)[PH2+]On1nnc2ccccc21.O=P([O-])([O-])F. The summed E-state index contributed by atoms with van der Waals surface area (Å²) >= 11 is 0. The van der Waals surface area contributed by atoms with Gasteiger partial charge < -0.3 is 14.4 Å². The highest BCUT2D eigenvalue weighted by Gasteiger charge is 2.08. The summed E-state index contributed by atoms with van der Waals surface area (Å²) in [6.45, 7) is 0. The monoisotopic (exact) mass is 520 g/mol. The summed E-state index contributed by atoms with van der Waals surface area (Å²) in [4.78, 5) is 19.8. The first kappa shape index (κ1) is 26.9. The van der Waals surface area contributed by atoms with Crippen LogP contribution in [0.4, 0.5) is 4.20 Å². The Hall–Kier alpha value is -2.30. The molecule has 17 heteroatoms. The van der Waals surface area contributed by atoms with Crippen molar-refractivity contribution in [3.05, 3.63) is 48.5 Å². The maximum atomic E-state index is 10.1. The van der Waals surface area contributed by atoms with E-state index in [4.69, 9.17) is 23.6 Å². The van der Waals surface area contributed by atoms with Gasteiger partial charge in [-0.2, -0.15) is 9.34 Å². The van der Waals surface area contributed by atoms with E-state index in [-0.39, 0.29) is 17.9 Å². The highest BCUT2D eigenvalue weighted by atomic mass is 31.2. The molecule has 13 nitrogen and oxygen atoms in total. The average molecular weight is 520 g/mol. The molecule has 2 atom stereocenters. The molecule has 0 fully saturated rings. The van der Waals surface area contributed by atoms with Crippen LogP contribution >= 0.6 is 25.8 Å². The molecule has 0 N–H and O–H groups in total. The maximum absolute atomic E-state index is 10.1. The van der Waals surface area contributed by atoms with Crippen LogP contribution in [0.3, 0.4) is 0 Å². The van der Waals surface area contributed by atoms with E-state index in [1.807, 2.05) is 86.1 Å². The molecule has 0 saturated heterocycles. The minimum atomic E-state index is -5.64. The fourth-order valence-corrected chi connectivity index (χ4v) is 3.00. The van der Waals surface area contributed by atoms with Gasteiger partial charge in [0.1, 0.15) is 30.0 Å². The van der Waals surface area contributed by atoms with Gasteiger partial charge in [-0.1, -0.05) is 24.3 Å². The molecule has 0 aliphatic rings. The van der Waals surface area contributed by atoms with Gasteiger partial charge in [-0.25, -0.2) is 13.4 Å². The fourth-order valence-electron chi connectivity index (χ4n) is 2.13. The smallest absolute Gasteiger partial charge is 0.269 e. The molecule has 0 amide bonds. The molecule has 0 saturated carbocycles. The number of aromatic nitrogens is 6. The van der Waals surface area contributed by atoms with E-state index in [1.54, 1.807) is 0 Å². The van der Waals surface area contributed by atoms with Gasteiger partial charge in [-0.3, -0.25) is 0 Å². The van der Waals surface area contributed by atoms with Gasteiger partial charge in [0, 0.05) is 28.2 Å². The molecule has 4 aromatic rings. The number of fused-ring (bicyclic) bond motifs is 2. The van der Waals surface area contributed by atoms with E-state index in [2.05, 4.69) is 20.6 Å². The minimum absolute atomic E-state index is 0.239. The van der Waals surface area contributed by atoms with Gasteiger partial charge in [0.2, 0.25) is 0 Å². The lowest BCUT2D eigenvalue weighted by molar-refractivity contribution is -0.328. The van der Waals surface area contributed by atoms with Crippen molar-refractivity contribution >= 4 is 47.9 Å². The average Bonchev–Trinajstić information content (AvgIpc) is 3.34. The van der Waals surface area contributed by atoms with E-state index in [0.29, 0.717) is 0 Å². The molecule has 4 rings (SSSR count). The number of nitrogens with zero attached hydrogens (tertiary/aromatic N) is 8. The van der Waals surface area contributed by atoms with E-state index in [0.717, 1.165) is 22.1 Å². The number of rotatable bonds is 6. The predicted molar refractivity (Wildman–Crippen MR) is 124 cm³/mol. The van der Waals surface area contributed by atoms with Crippen LogP contribution in [0.25, 0.3) is 22.1 Å². The Bertz CT molecular complexity index is 1090. The molecular weight excluding hydrogens is 496 g/mol. The van der Waals surface area contributed by atoms with Crippen LogP contribution in [0.2, 0.25) is 0 Å². The third-order valence-electron chi connectivity index (χ3n) is 3.36. The van der Waals surface area contributed by atoms with Crippen molar-refractivity contribution in [3.63, 3.8) is 0 Å². The minimum Gasteiger partial charge on any atom is -0.786 e. The van der Waals surface area contributed by atoms with Crippen molar-refractivity contribution in [1.29, 1.82) is 0 Å². The zero-order chi connectivity index (χ0) is 24.4. The van der Waals surface area contributed by atoms with Crippen LogP contribution in [0.15, 0.2) is 48.5 Å². The molecule has 2 aromatic carbocycles. The molecule has 0 aliphatic heterocycles. The molecule has 2 unspecified atom stereocenters. The van der Waals surface area contributed by atoms with Crippen LogP contribution in [-0.2, 0) is 4.57 Å². The van der Waals surface area contributed by atoms with Crippen molar-refractivity contribution in [1.82, 2.24) is 39.7 Å². The van der Waals surface area contributed by atoms with E-state index in [9.17, 15) is 4.20 Å². The topological polar surface area (TPSA) is 150 Å². The van der Waals surface area contributed by atoms with Gasteiger partial charge in [0.15, 0.2) is 0 Å². The second kappa shape index (κ2) is 12.8. The molecule has 2 aromatic heterocycles. The second-order valence-corrected chi connectivity index (χ2v) is 10.5. The highest BCUT2D eigenvalue weighted by molar-refractivity contribution is 7.42. The molecule has 2 heterocycles. The third-order valence-corrected chi connectivity index (χ3v) is 4.79. The number of benzene rings is 2. The van der Waals surface area contributed by atoms with Crippen LogP contribution in [0.1, 0.15) is 0 Å². The van der Waals surface area contributed by atoms with Crippen LogP contribution < -0.4 is 19.0 Å². The van der Waals surface area contributed by atoms with E-state index < -0.39 is 7.91 Å². The summed E-state index contributed by atoms with van der Waals surface area (Å²) < 4.78 is 33.5. The summed E-state index contributed by atoms with van der Waals surface area (Å²) in [5, 5.41) is 15.8. The van der Waals surface area contributed by atoms with Crippen LogP contribution in [-0.4, -0.2) is 67.8 Å². The lowest BCUT2D eigenvalue weighted by Gasteiger charge is -2.15. The van der Waals surface area contributed by atoms with Crippen LogP contribution in [0.5, 0.6) is 0 Å². The maximum Gasteiger partial charge on any atom is 0.269 e. The molecule has 0 bridgehead atoms. The fraction of sp³-hybridized carbons (Fsp3) is 0.250. The Morgan fingerprint density at radius 3 is 1.48 bits per heavy atom. The molecule has 0 radical (unpaired) electrons. The van der Waals surface area contributed by atoms with Crippen molar-refractivity contribution < 1.29 is 27.8 Å². The number of halogens is 1. The summed E-state index contributed by atoms with van der Waals surface area (Å²) in [5.41, 5.74) is 3.51. The van der Waals surface area contributed by atoms with Crippen molar-refractivity contribution in [3.8, 4) is 0 Å². The molecule has 180 valence electrons. The van der Waals surface area contributed by atoms with Crippen LogP contribution in [0, 0.1) is 0 Å². The predicted octanol–water partition coefficient (Wildman–Crippen LogP) is 0.109. The Morgan fingerprint density at radius 1 is 0.818 bits per heavy atom. The van der Waals surface area contributed by atoms with E-state index >= 15 is 0 Å². The summed E-state index contributed by atoms with van der Waals surface area (Å²) in [6.07, 6.45) is 0. The first-order valence-corrected chi connectivity index (χ1v) is 12.6. The van der Waals surface area contributed by atoms with E-state index in [1.165, 1.54) is 9.69 Å². The molecule has 33 heavy (non-hydrogen) atoms. The first-order valence-electron chi connectivity index (χ1n) is 9.21. The second-order valence-electron chi connectivity index (χ2n) is 6.68. The molecule has 0 aliphatic carbocycles. The molecule has 0 spiro atoms. The zero-order valence-electron chi connectivity index (χ0n) is 18.2. The zero-order valence-corrected chi connectivity index (χ0v) is 21.4. The standard InChI is InChI=1S/2C8H11N4OP.FH2O3P/c2*1-11(2)14-13-12-8-6-4-3-5-7(8)9-10-12;1-5(2,3)4/h2*3-6,14H,1-2H3;(H2,2,3,4). The number of hydrogen-bond donors (Lipinski definition) is 0. The Morgan fingerprint density at radius 2 is 1.15 bits per heavy atom. The summed E-state index contributed by atoms with van der Waals surface area (Å²) in [6, 6.07) is 15.4. The van der Waals surface area contributed by atoms with Crippen molar-refractivity contribution in [2.45, 2.75) is 0 Å². The number of hydrogen-bond acceptors (Lipinski definition) is 11. The Labute approximate surface area is 192 Å². The Balaban J connectivity index is 0.000000195. The lowest BCUT2D eigenvalue weighted by atomic mass is 10.3. The Kier molecular flexibility index (Phi) is 10.5. The van der Waals surface area contributed by atoms with Crippen molar-refractivity contribution in [2.24, 2.45) is 0 Å². The first-order chi connectivity index (χ1) is 15.5. The third kappa shape index (κ3) is 10.0. The van der Waals surface area contributed by atoms with Gasteiger partial charge in [-0.05, 0) is 44.4 Å². The van der Waals surface area contributed by atoms with Gasteiger partial charge in [0.25, 0.3) is 17.9 Å². The van der Waals surface area contributed by atoms with Gasteiger partial charge in [0.05, 0.1) is 0 Å². The lowest BCUT2D eigenvalue weighted by Crippen LogP contribution is -2.10. The summed E-state index contributed by atoms with van der Waals surface area (Å²) in [7, 11) is 1.75. The largest absolute Gasteiger partial charge is 0.786 e. The quantitative estimate of drug-likeness (QED) is 0.319. The summed E-state index contributed by atoms with van der Waals surface area (Å²) in [5.74, 6) is 0. The normalized spacial score (nSPS) is 11.9. The number of para-hydroxylation sites is 2. The molecular formula is C16H24FN8O5P3.